The van der Waals surface area contributed by atoms with Crippen LogP contribution in [0.4, 0.5) is 0 Å². The van der Waals surface area contributed by atoms with Gasteiger partial charge >= 0.3 is 0 Å². The zero-order valence-electron chi connectivity index (χ0n) is 17.1. The van der Waals surface area contributed by atoms with Crippen molar-refractivity contribution in [3.63, 3.8) is 0 Å². The molecule has 6 nitrogen and oxygen atoms in total. The molecule has 1 aliphatic rings. The summed E-state index contributed by atoms with van der Waals surface area (Å²) in [6.07, 6.45) is 2.12. The van der Waals surface area contributed by atoms with Gasteiger partial charge in [-0.25, -0.2) is 9.97 Å². The molecular formula is C22H23N3O3S2. The highest BCUT2D eigenvalue weighted by molar-refractivity contribution is 8.00. The van der Waals surface area contributed by atoms with Gasteiger partial charge in [-0.15, -0.1) is 11.3 Å². The molecule has 4 rings (SSSR count). The Balaban J connectivity index is 1.46. The number of ketones is 1. The van der Waals surface area contributed by atoms with Gasteiger partial charge in [0.2, 0.25) is 5.91 Å². The second-order valence-corrected chi connectivity index (χ2v) is 9.46. The predicted molar refractivity (Wildman–Crippen MR) is 120 cm³/mol. The number of aromatic nitrogens is 2. The van der Waals surface area contributed by atoms with E-state index in [2.05, 4.69) is 15.3 Å². The number of benzene rings is 1. The van der Waals surface area contributed by atoms with Crippen LogP contribution in [0.5, 0.6) is 5.75 Å². The second-order valence-electron chi connectivity index (χ2n) is 7.38. The van der Waals surface area contributed by atoms with Gasteiger partial charge in [-0.3, -0.25) is 9.59 Å². The molecule has 0 saturated heterocycles. The Kier molecular flexibility index (Phi) is 6.06. The molecule has 1 saturated carbocycles. The average Bonchev–Trinajstić information content (AvgIpc) is 3.42. The quantitative estimate of drug-likeness (QED) is 0.318. The first-order chi connectivity index (χ1) is 14.4. The van der Waals surface area contributed by atoms with Crippen LogP contribution < -0.4 is 10.1 Å². The molecule has 1 amide bonds. The van der Waals surface area contributed by atoms with Crippen LogP contribution in [0, 0.1) is 6.92 Å². The summed E-state index contributed by atoms with van der Waals surface area (Å²) in [6.45, 7) is 3.73. The molecule has 30 heavy (non-hydrogen) atoms. The highest BCUT2D eigenvalue weighted by Crippen LogP contribution is 2.31. The normalized spacial score (nSPS) is 14.5. The first-order valence-electron chi connectivity index (χ1n) is 9.83. The van der Waals surface area contributed by atoms with Gasteiger partial charge in [0.25, 0.3) is 0 Å². The molecule has 1 aliphatic carbocycles. The third-order valence-electron chi connectivity index (χ3n) is 4.97. The molecule has 1 N–H and O–H groups in total. The van der Waals surface area contributed by atoms with Gasteiger partial charge in [0, 0.05) is 16.3 Å². The number of thiophene rings is 1. The Morgan fingerprint density at radius 3 is 2.80 bits per heavy atom. The summed E-state index contributed by atoms with van der Waals surface area (Å²) in [7, 11) is 1.62. The number of aryl methyl sites for hydroxylation is 1. The first-order valence-corrected chi connectivity index (χ1v) is 11.6. The first kappa shape index (κ1) is 20.8. The van der Waals surface area contributed by atoms with E-state index < -0.39 is 0 Å². The average molecular weight is 442 g/mol. The van der Waals surface area contributed by atoms with Gasteiger partial charge < -0.3 is 10.1 Å². The van der Waals surface area contributed by atoms with Gasteiger partial charge in [-0.2, -0.15) is 0 Å². The van der Waals surface area contributed by atoms with Gasteiger partial charge in [0.1, 0.15) is 16.6 Å². The van der Waals surface area contributed by atoms with Crippen LogP contribution in [-0.4, -0.2) is 40.6 Å². The number of methoxy groups -OCH3 is 1. The number of nitrogens with zero attached hydrogens (tertiary/aromatic N) is 2. The van der Waals surface area contributed by atoms with Crippen molar-refractivity contribution in [2.45, 2.75) is 43.7 Å². The van der Waals surface area contributed by atoms with Crippen LogP contribution in [-0.2, 0) is 4.79 Å². The summed E-state index contributed by atoms with van der Waals surface area (Å²) in [5, 5.41) is 4.66. The third-order valence-corrected chi connectivity index (χ3v) is 7.27. The summed E-state index contributed by atoms with van der Waals surface area (Å²) in [4.78, 5) is 35.6. The van der Waals surface area contributed by atoms with Crippen molar-refractivity contribution >= 4 is 45.7 Å². The summed E-state index contributed by atoms with van der Waals surface area (Å²) in [5.41, 5.74) is 0.826. The highest BCUT2D eigenvalue weighted by atomic mass is 32.2. The molecule has 0 aliphatic heterocycles. The fourth-order valence-corrected chi connectivity index (χ4v) is 5.08. The Bertz CT molecular complexity index is 1110. The smallest absolute Gasteiger partial charge is 0.228 e. The van der Waals surface area contributed by atoms with E-state index in [1.54, 1.807) is 7.11 Å². The number of ether oxygens (including phenoxy) is 1. The Morgan fingerprint density at radius 2 is 2.07 bits per heavy atom. The number of fused-ring (bicyclic) bond motifs is 1. The molecule has 2 aromatic heterocycles. The van der Waals surface area contributed by atoms with Crippen molar-refractivity contribution in [3.8, 4) is 5.75 Å². The number of carbonyl (C=O) groups is 2. The number of nitrogens with one attached hydrogen (secondary N) is 1. The minimum absolute atomic E-state index is 0.0263. The Hall–Kier alpha value is -2.45. The molecule has 0 spiro atoms. The standard InChI is InChI=1S/C22H23N3O3S2/c1-12(21(27)25-14-4-5-14)19-8-9-20(30-19)18(26)11-29-22-16-10-15(28-3)6-7-17(16)23-13(2)24-22/h6-10,12,14H,4-5,11H2,1-3H3,(H,25,27)/t12-/m0/s1. The number of amides is 1. The topological polar surface area (TPSA) is 81.2 Å². The van der Waals surface area contributed by atoms with Crippen LogP contribution >= 0.6 is 23.1 Å². The lowest BCUT2D eigenvalue weighted by Gasteiger charge is -2.09. The molecule has 1 aromatic carbocycles. The van der Waals surface area contributed by atoms with Crippen molar-refractivity contribution in [1.82, 2.24) is 15.3 Å². The lowest BCUT2D eigenvalue weighted by molar-refractivity contribution is -0.122. The van der Waals surface area contributed by atoms with E-state index >= 15 is 0 Å². The maximum Gasteiger partial charge on any atom is 0.228 e. The van der Waals surface area contributed by atoms with E-state index in [0.29, 0.717) is 16.7 Å². The molecule has 156 valence electrons. The summed E-state index contributed by atoms with van der Waals surface area (Å²) in [6, 6.07) is 9.69. The van der Waals surface area contributed by atoms with Crippen LogP contribution in [0.3, 0.4) is 0 Å². The minimum atomic E-state index is -0.245. The Morgan fingerprint density at radius 1 is 1.27 bits per heavy atom. The molecule has 0 radical (unpaired) electrons. The van der Waals surface area contributed by atoms with E-state index in [1.807, 2.05) is 44.2 Å². The largest absolute Gasteiger partial charge is 0.497 e. The maximum absolute atomic E-state index is 12.8. The lowest BCUT2D eigenvalue weighted by atomic mass is 10.1. The fourth-order valence-electron chi connectivity index (χ4n) is 3.05. The Labute approximate surface area is 183 Å². The van der Waals surface area contributed by atoms with Crippen molar-refractivity contribution in [3.05, 3.63) is 45.9 Å². The SMILES string of the molecule is COc1ccc2nc(C)nc(SCC(=O)c3ccc([C@H](C)C(=O)NC4CC4)s3)c2c1. The van der Waals surface area contributed by atoms with Crippen molar-refractivity contribution in [2.75, 3.05) is 12.9 Å². The van der Waals surface area contributed by atoms with Crippen molar-refractivity contribution in [2.24, 2.45) is 0 Å². The van der Waals surface area contributed by atoms with E-state index in [1.165, 1.54) is 23.1 Å². The van der Waals surface area contributed by atoms with Gasteiger partial charge in [-0.1, -0.05) is 11.8 Å². The van der Waals surface area contributed by atoms with Crippen LogP contribution in [0.1, 0.15) is 46.1 Å². The number of thioether (sulfide) groups is 1. The lowest BCUT2D eigenvalue weighted by Crippen LogP contribution is -2.29. The zero-order valence-corrected chi connectivity index (χ0v) is 18.7. The minimum Gasteiger partial charge on any atom is -0.497 e. The second kappa shape index (κ2) is 8.73. The van der Waals surface area contributed by atoms with E-state index in [4.69, 9.17) is 4.74 Å². The number of carbonyl (C=O) groups excluding carboxylic acids is 2. The molecule has 2 heterocycles. The number of hydrogen-bond donors (Lipinski definition) is 1. The molecule has 0 bridgehead atoms. The number of Topliss-reactive ketones (excluding diaryl/α,β-unsaturated/α-hetero) is 1. The fraction of sp³-hybridized carbons (Fsp3) is 0.364. The monoisotopic (exact) mass is 441 g/mol. The van der Waals surface area contributed by atoms with Gasteiger partial charge in [0.05, 0.1) is 29.2 Å². The van der Waals surface area contributed by atoms with Gasteiger partial charge in [0.15, 0.2) is 5.78 Å². The van der Waals surface area contributed by atoms with Crippen LogP contribution in [0.25, 0.3) is 10.9 Å². The molecule has 3 aromatic rings. The summed E-state index contributed by atoms with van der Waals surface area (Å²) in [5.74, 6) is 1.47. The van der Waals surface area contributed by atoms with E-state index in [-0.39, 0.29) is 23.4 Å². The summed E-state index contributed by atoms with van der Waals surface area (Å²) >= 11 is 2.79. The molecule has 1 fully saturated rings. The third kappa shape index (κ3) is 4.65. The van der Waals surface area contributed by atoms with Gasteiger partial charge in [-0.05, 0) is 57.0 Å². The zero-order chi connectivity index (χ0) is 21.3. The predicted octanol–water partition coefficient (Wildman–Crippen LogP) is 4.37. The van der Waals surface area contributed by atoms with Crippen molar-refractivity contribution in [1.29, 1.82) is 0 Å². The van der Waals surface area contributed by atoms with E-state index in [0.717, 1.165) is 39.4 Å². The highest BCUT2D eigenvalue weighted by Gasteiger charge is 2.27. The number of rotatable bonds is 8. The molecule has 1 atom stereocenters. The van der Waals surface area contributed by atoms with Crippen LogP contribution in [0.2, 0.25) is 0 Å². The van der Waals surface area contributed by atoms with Crippen molar-refractivity contribution < 1.29 is 14.3 Å². The molecular weight excluding hydrogens is 418 g/mol. The van der Waals surface area contributed by atoms with Crippen LogP contribution in [0.15, 0.2) is 35.4 Å². The summed E-state index contributed by atoms with van der Waals surface area (Å²) < 4.78 is 5.31. The molecule has 0 unspecified atom stereocenters. The number of hydrogen-bond acceptors (Lipinski definition) is 7. The molecule has 8 heteroatoms. The van der Waals surface area contributed by atoms with E-state index in [9.17, 15) is 9.59 Å². The maximum atomic E-state index is 12.8.